The largest absolute Gasteiger partial charge is 0.493 e. The van der Waals surface area contributed by atoms with Crippen LogP contribution < -0.4 is 4.74 Å². The van der Waals surface area contributed by atoms with Crippen LogP contribution >= 0.6 is 0 Å². The molecule has 7 nitrogen and oxygen atoms in total. The van der Waals surface area contributed by atoms with E-state index in [-0.39, 0.29) is 23.4 Å². The first-order valence-electron chi connectivity index (χ1n) is 9.58. The molecule has 1 fully saturated rings. The number of aromatic nitrogens is 2. The zero-order valence-electron chi connectivity index (χ0n) is 17.1. The molecule has 0 saturated carbocycles. The average molecular weight is 403 g/mol. The Labute approximate surface area is 169 Å². The predicted molar refractivity (Wildman–Crippen MR) is 106 cm³/mol. The summed E-state index contributed by atoms with van der Waals surface area (Å²) in [6.45, 7) is 6.71. The van der Waals surface area contributed by atoms with Gasteiger partial charge in [-0.2, -0.15) is 5.10 Å². The summed E-state index contributed by atoms with van der Waals surface area (Å²) < 4.78 is 26.4. The van der Waals surface area contributed by atoms with E-state index >= 15 is 0 Å². The van der Waals surface area contributed by atoms with Crippen molar-refractivity contribution in [1.82, 2.24) is 14.7 Å². The number of hydrogen-bond donors (Lipinski definition) is 0. The van der Waals surface area contributed by atoms with Gasteiger partial charge in [-0.15, -0.1) is 0 Å². The quantitative estimate of drug-likeness (QED) is 0.719. The number of carbonyl (C=O) groups is 2. The number of ether oxygens (including phenoxy) is 2. The van der Waals surface area contributed by atoms with Crippen molar-refractivity contribution in [1.29, 1.82) is 0 Å². The first-order chi connectivity index (χ1) is 13.7. The second-order valence-electron chi connectivity index (χ2n) is 8.08. The molecule has 0 spiro atoms. The van der Waals surface area contributed by atoms with Gasteiger partial charge in [0.1, 0.15) is 5.60 Å². The lowest BCUT2D eigenvalue weighted by atomic mass is 10.1. The number of likely N-dealkylation sites (tertiary alicyclic amines) is 1. The number of hydrogen-bond acceptors (Lipinski definition) is 5. The molecule has 29 heavy (non-hydrogen) atoms. The third-order valence-corrected chi connectivity index (χ3v) is 4.80. The number of methoxy groups -OCH3 is 1. The minimum atomic E-state index is -0.604. The van der Waals surface area contributed by atoms with Gasteiger partial charge in [-0.25, -0.2) is 9.18 Å². The number of rotatable bonds is 4. The number of carbonyl (C=O) groups excluding carboxylic acids is 2. The Morgan fingerprint density at radius 2 is 1.97 bits per heavy atom. The molecule has 1 aliphatic rings. The lowest BCUT2D eigenvalue weighted by Gasteiger charge is -2.33. The van der Waals surface area contributed by atoms with Gasteiger partial charge in [0.15, 0.2) is 17.9 Å². The first-order valence-corrected chi connectivity index (χ1v) is 9.58. The smallest absolute Gasteiger partial charge is 0.410 e. The summed E-state index contributed by atoms with van der Waals surface area (Å²) in [6.07, 6.45) is 3.60. The van der Waals surface area contributed by atoms with Crippen LogP contribution in [-0.4, -0.2) is 52.9 Å². The average Bonchev–Trinajstić information content (AvgIpc) is 3.16. The van der Waals surface area contributed by atoms with Gasteiger partial charge in [-0.3, -0.25) is 9.48 Å². The highest BCUT2D eigenvalue weighted by molar-refractivity contribution is 5.82. The van der Waals surface area contributed by atoms with Gasteiger partial charge >= 0.3 is 6.09 Å². The van der Waals surface area contributed by atoms with E-state index in [4.69, 9.17) is 9.47 Å². The summed E-state index contributed by atoms with van der Waals surface area (Å²) in [5, 5.41) is 4.56. The second kappa shape index (κ2) is 8.23. The first kappa shape index (κ1) is 20.8. The topological polar surface area (TPSA) is 73.7 Å². The summed E-state index contributed by atoms with van der Waals surface area (Å²) >= 11 is 0. The Morgan fingerprint density at radius 1 is 1.28 bits per heavy atom. The van der Waals surface area contributed by atoms with Crippen molar-refractivity contribution in [2.45, 2.75) is 45.3 Å². The monoisotopic (exact) mass is 403 g/mol. The Morgan fingerprint density at radius 3 is 2.55 bits per heavy atom. The van der Waals surface area contributed by atoms with Crippen LogP contribution in [0, 0.1) is 5.82 Å². The second-order valence-corrected chi connectivity index (χ2v) is 8.08. The summed E-state index contributed by atoms with van der Waals surface area (Å²) in [4.78, 5) is 25.1. The van der Waals surface area contributed by atoms with Crippen molar-refractivity contribution in [2.24, 2.45) is 0 Å². The van der Waals surface area contributed by atoms with Gasteiger partial charge in [-0.1, -0.05) is 0 Å². The van der Waals surface area contributed by atoms with Crippen LogP contribution in [0.2, 0.25) is 0 Å². The third-order valence-electron chi connectivity index (χ3n) is 4.80. The molecule has 8 heteroatoms. The van der Waals surface area contributed by atoms with Crippen LogP contribution in [0.15, 0.2) is 24.4 Å². The summed E-state index contributed by atoms with van der Waals surface area (Å²) in [7, 11) is 1.32. The van der Waals surface area contributed by atoms with E-state index in [0.29, 0.717) is 30.6 Å². The SMILES string of the molecule is COc1c(F)cc(-c2ccn(C3CCN(C(=O)OC(C)(C)C)CC3)n2)cc1C=O. The zero-order chi connectivity index (χ0) is 21.2. The summed E-state index contributed by atoms with van der Waals surface area (Å²) in [5.41, 5.74) is 0.709. The fourth-order valence-electron chi connectivity index (χ4n) is 3.40. The fourth-order valence-corrected chi connectivity index (χ4v) is 3.40. The molecule has 2 heterocycles. The van der Waals surface area contributed by atoms with Crippen LogP contribution in [0.25, 0.3) is 11.3 Å². The molecule has 1 aromatic carbocycles. The third kappa shape index (κ3) is 4.75. The van der Waals surface area contributed by atoms with Crippen molar-refractivity contribution in [3.05, 3.63) is 35.8 Å². The number of halogens is 1. The van der Waals surface area contributed by atoms with Crippen LogP contribution in [0.1, 0.15) is 50.0 Å². The van der Waals surface area contributed by atoms with E-state index in [1.165, 1.54) is 13.2 Å². The molecule has 1 aliphatic heterocycles. The van der Waals surface area contributed by atoms with Crippen molar-refractivity contribution in [3.63, 3.8) is 0 Å². The molecular formula is C21H26FN3O4. The molecule has 0 atom stereocenters. The van der Waals surface area contributed by atoms with Gasteiger partial charge in [0.25, 0.3) is 0 Å². The zero-order valence-corrected chi connectivity index (χ0v) is 17.1. The molecule has 1 saturated heterocycles. The van der Waals surface area contributed by atoms with Gasteiger partial charge in [-0.05, 0) is 51.8 Å². The van der Waals surface area contributed by atoms with Gasteiger partial charge in [0.05, 0.1) is 24.4 Å². The van der Waals surface area contributed by atoms with E-state index in [1.54, 1.807) is 17.0 Å². The van der Waals surface area contributed by atoms with Crippen LogP contribution in [0.3, 0.4) is 0 Å². The van der Waals surface area contributed by atoms with Gasteiger partial charge in [0.2, 0.25) is 0 Å². The van der Waals surface area contributed by atoms with Crippen molar-refractivity contribution >= 4 is 12.4 Å². The highest BCUT2D eigenvalue weighted by atomic mass is 19.1. The maximum Gasteiger partial charge on any atom is 0.410 e. The van der Waals surface area contributed by atoms with Crippen molar-refractivity contribution in [3.8, 4) is 17.0 Å². The van der Waals surface area contributed by atoms with E-state index < -0.39 is 11.4 Å². The molecule has 0 unspecified atom stereocenters. The van der Waals surface area contributed by atoms with E-state index in [1.807, 2.05) is 31.6 Å². The lowest BCUT2D eigenvalue weighted by Crippen LogP contribution is -2.42. The molecule has 156 valence electrons. The fraction of sp³-hybridized carbons (Fsp3) is 0.476. The standard InChI is InChI=1S/C21H26FN3O4/c1-21(2,3)29-20(27)24-8-5-16(6-9-24)25-10-7-18(23-25)14-11-15(13-26)19(28-4)17(22)12-14/h7,10-13,16H,5-6,8-9H2,1-4H3. The van der Waals surface area contributed by atoms with E-state index in [9.17, 15) is 14.0 Å². The molecule has 1 aromatic heterocycles. The number of piperidine rings is 1. The van der Waals surface area contributed by atoms with Gasteiger partial charge in [0, 0.05) is 24.8 Å². The van der Waals surface area contributed by atoms with E-state index in [2.05, 4.69) is 5.10 Å². The normalized spacial score (nSPS) is 15.3. The highest BCUT2D eigenvalue weighted by Gasteiger charge is 2.28. The number of benzene rings is 1. The molecule has 1 amide bonds. The molecular weight excluding hydrogens is 377 g/mol. The van der Waals surface area contributed by atoms with Crippen LogP contribution in [0.4, 0.5) is 9.18 Å². The predicted octanol–water partition coefficient (Wildman–Crippen LogP) is 4.08. The molecule has 0 radical (unpaired) electrons. The van der Waals surface area contributed by atoms with E-state index in [0.717, 1.165) is 12.8 Å². The number of nitrogens with zero attached hydrogens (tertiary/aromatic N) is 3. The minimum Gasteiger partial charge on any atom is -0.493 e. The summed E-state index contributed by atoms with van der Waals surface area (Å²) in [5.74, 6) is -0.676. The molecule has 3 rings (SSSR count). The highest BCUT2D eigenvalue weighted by Crippen LogP contribution is 2.30. The lowest BCUT2D eigenvalue weighted by molar-refractivity contribution is 0.0184. The Hall–Kier alpha value is -2.90. The number of aldehydes is 1. The molecule has 0 aliphatic carbocycles. The molecule has 0 bridgehead atoms. The minimum absolute atomic E-state index is 0.0716. The maximum atomic E-state index is 14.2. The van der Waals surface area contributed by atoms with Crippen molar-refractivity contribution < 1.29 is 23.5 Å². The molecule has 0 N–H and O–H groups in total. The van der Waals surface area contributed by atoms with Gasteiger partial charge < -0.3 is 14.4 Å². The number of amides is 1. The maximum absolute atomic E-state index is 14.2. The van der Waals surface area contributed by atoms with Crippen LogP contribution in [0.5, 0.6) is 5.75 Å². The molecule has 2 aromatic rings. The Balaban J connectivity index is 1.70. The Bertz CT molecular complexity index is 896. The summed E-state index contributed by atoms with van der Waals surface area (Å²) in [6, 6.07) is 4.79. The Kier molecular flexibility index (Phi) is 5.91. The van der Waals surface area contributed by atoms with Crippen molar-refractivity contribution in [2.75, 3.05) is 20.2 Å². The van der Waals surface area contributed by atoms with Crippen LogP contribution in [-0.2, 0) is 4.74 Å².